The first-order chi connectivity index (χ1) is 9.78. The molecule has 1 aliphatic heterocycles. The maximum absolute atomic E-state index is 6.29. The molecule has 1 unspecified atom stereocenters. The summed E-state index contributed by atoms with van der Waals surface area (Å²) in [6.45, 7) is 4.26. The molecule has 20 heavy (non-hydrogen) atoms. The fraction of sp³-hybridized carbons (Fsp3) is 0.688. The minimum atomic E-state index is 0.640. The van der Waals surface area contributed by atoms with Crippen LogP contribution < -0.4 is 10.2 Å². The number of aromatic nitrogens is 1. The number of hydrogen-bond donors (Lipinski definition) is 1. The Morgan fingerprint density at radius 2 is 2.20 bits per heavy atom. The minimum Gasteiger partial charge on any atom is -0.354 e. The Morgan fingerprint density at radius 3 is 2.95 bits per heavy atom. The van der Waals surface area contributed by atoms with Gasteiger partial charge in [-0.2, -0.15) is 0 Å². The molecule has 0 radical (unpaired) electrons. The van der Waals surface area contributed by atoms with Gasteiger partial charge in [0.1, 0.15) is 5.82 Å². The molecule has 2 aliphatic rings. The highest BCUT2D eigenvalue weighted by Gasteiger charge is 2.23. The highest BCUT2D eigenvalue weighted by molar-refractivity contribution is 6.31. The van der Waals surface area contributed by atoms with Crippen molar-refractivity contribution in [2.24, 2.45) is 0 Å². The van der Waals surface area contributed by atoms with E-state index in [0.717, 1.165) is 23.9 Å². The summed E-state index contributed by atoms with van der Waals surface area (Å²) in [5.41, 5.74) is 1.18. The molecule has 4 heteroatoms. The lowest BCUT2D eigenvalue weighted by Crippen LogP contribution is -2.39. The second kappa shape index (κ2) is 6.31. The van der Waals surface area contributed by atoms with Gasteiger partial charge < -0.3 is 10.2 Å². The van der Waals surface area contributed by atoms with Gasteiger partial charge in [0.25, 0.3) is 0 Å². The van der Waals surface area contributed by atoms with Gasteiger partial charge in [-0.15, -0.1) is 0 Å². The van der Waals surface area contributed by atoms with Gasteiger partial charge in [0.15, 0.2) is 0 Å². The van der Waals surface area contributed by atoms with E-state index in [9.17, 15) is 0 Å². The van der Waals surface area contributed by atoms with E-state index >= 15 is 0 Å². The Kier molecular flexibility index (Phi) is 4.47. The molecule has 1 atom stereocenters. The van der Waals surface area contributed by atoms with E-state index in [4.69, 9.17) is 11.6 Å². The van der Waals surface area contributed by atoms with Gasteiger partial charge in [-0.25, -0.2) is 4.98 Å². The number of nitrogens with one attached hydrogen (secondary N) is 1. The Labute approximate surface area is 126 Å². The van der Waals surface area contributed by atoms with Crippen molar-refractivity contribution in [1.82, 2.24) is 10.3 Å². The van der Waals surface area contributed by atoms with E-state index in [1.165, 1.54) is 44.1 Å². The van der Waals surface area contributed by atoms with Gasteiger partial charge in [0.2, 0.25) is 0 Å². The number of rotatable bonds is 5. The summed E-state index contributed by atoms with van der Waals surface area (Å²) >= 11 is 6.29. The van der Waals surface area contributed by atoms with Gasteiger partial charge in [0, 0.05) is 31.4 Å². The molecule has 0 bridgehead atoms. The standard InChI is InChI=1S/C16H24ClN3/c1-2-14-5-3-4-8-20(14)16-9-12(15(17)11-19-16)10-18-13-6-7-13/h9,11,13-14,18H,2-8,10H2,1H3. The number of hydrogen-bond acceptors (Lipinski definition) is 3. The van der Waals surface area contributed by atoms with E-state index in [0.29, 0.717) is 12.1 Å². The van der Waals surface area contributed by atoms with Crippen LogP contribution in [0, 0.1) is 0 Å². The fourth-order valence-corrected chi connectivity index (χ4v) is 3.20. The maximum Gasteiger partial charge on any atom is 0.129 e. The largest absolute Gasteiger partial charge is 0.354 e. The van der Waals surface area contributed by atoms with Gasteiger partial charge >= 0.3 is 0 Å². The number of pyridine rings is 1. The van der Waals surface area contributed by atoms with Crippen molar-refractivity contribution in [2.75, 3.05) is 11.4 Å². The summed E-state index contributed by atoms with van der Waals surface area (Å²) in [4.78, 5) is 7.04. The van der Waals surface area contributed by atoms with Crippen LogP contribution in [0.2, 0.25) is 5.02 Å². The Morgan fingerprint density at radius 1 is 1.35 bits per heavy atom. The first kappa shape index (κ1) is 14.2. The molecule has 0 amide bonds. The van der Waals surface area contributed by atoms with E-state index in [2.05, 4.69) is 28.2 Å². The fourth-order valence-electron chi connectivity index (χ4n) is 3.03. The number of piperidine rings is 1. The zero-order valence-corrected chi connectivity index (χ0v) is 13.0. The second-order valence-electron chi connectivity index (χ2n) is 6.04. The van der Waals surface area contributed by atoms with Gasteiger partial charge in [-0.05, 0) is 50.2 Å². The molecule has 1 saturated heterocycles. The number of halogens is 1. The van der Waals surface area contributed by atoms with Crippen LogP contribution in [-0.2, 0) is 6.54 Å². The molecule has 3 rings (SSSR count). The molecule has 1 saturated carbocycles. The molecule has 2 fully saturated rings. The summed E-state index contributed by atoms with van der Waals surface area (Å²) < 4.78 is 0. The van der Waals surface area contributed by atoms with Crippen molar-refractivity contribution in [3.63, 3.8) is 0 Å². The molecule has 3 nitrogen and oxygen atoms in total. The molecule has 1 aromatic rings. The molecular weight excluding hydrogens is 270 g/mol. The summed E-state index contributed by atoms with van der Waals surface area (Å²) in [5, 5.41) is 4.32. The molecule has 110 valence electrons. The first-order valence-electron chi connectivity index (χ1n) is 7.92. The molecule has 1 aliphatic carbocycles. The highest BCUT2D eigenvalue weighted by Crippen LogP contribution is 2.28. The molecule has 0 aromatic carbocycles. The van der Waals surface area contributed by atoms with E-state index < -0.39 is 0 Å². The van der Waals surface area contributed by atoms with Crippen molar-refractivity contribution in [3.05, 3.63) is 22.8 Å². The third kappa shape index (κ3) is 3.26. The Balaban J connectivity index is 1.75. The van der Waals surface area contributed by atoms with Crippen molar-refractivity contribution in [3.8, 4) is 0 Å². The lowest BCUT2D eigenvalue weighted by molar-refractivity contribution is 0.446. The van der Waals surface area contributed by atoms with Crippen LogP contribution in [0.1, 0.15) is 51.0 Å². The molecular formula is C16H24ClN3. The lowest BCUT2D eigenvalue weighted by Gasteiger charge is -2.36. The van der Waals surface area contributed by atoms with Gasteiger partial charge in [-0.1, -0.05) is 18.5 Å². The van der Waals surface area contributed by atoms with Crippen LogP contribution in [0.15, 0.2) is 12.3 Å². The van der Waals surface area contributed by atoms with E-state index in [1.807, 2.05) is 6.20 Å². The summed E-state index contributed by atoms with van der Waals surface area (Å²) in [7, 11) is 0. The van der Waals surface area contributed by atoms with Crippen molar-refractivity contribution in [2.45, 2.75) is 64.1 Å². The number of nitrogens with zero attached hydrogens (tertiary/aromatic N) is 2. The first-order valence-corrected chi connectivity index (χ1v) is 8.30. The van der Waals surface area contributed by atoms with Crippen LogP contribution in [0.4, 0.5) is 5.82 Å². The lowest BCUT2D eigenvalue weighted by atomic mass is 10.00. The van der Waals surface area contributed by atoms with E-state index in [-0.39, 0.29) is 0 Å². The maximum atomic E-state index is 6.29. The zero-order valence-electron chi connectivity index (χ0n) is 12.2. The Bertz CT molecular complexity index is 459. The molecule has 1 N–H and O–H groups in total. The van der Waals surface area contributed by atoms with Crippen molar-refractivity contribution in [1.29, 1.82) is 0 Å². The SMILES string of the molecule is CCC1CCCCN1c1cc(CNC2CC2)c(Cl)cn1. The van der Waals surface area contributed by atoms with Gasteiger partial charge in [0.05, 0.1) is 5.02 Å². The summed E-state index contributed by atoms with van der Waals surface area (Å²) in [5.74, 6) is 1.11. The van der Waals surface area contributed by atoms with Crippen LogP contribution in [0.5, 0.6) is 0 Å². The highest BCUT2D eigenvalue weighted by atomic mass is 35.5. The van der Waals surface area contributed by atoms with Crippen molar-refractivity contribution >= 4 is 17.4 Å². The molecule has 2 heterocycles. The topological polar surface area (TPSA) is 28.2 Å². The Hall–Kier alpha value is -0.800. The average molecular weight is 294 g/mol. The summed E-state index contributed by atoms with van der Waals surface area (Å²) in [6, 6.07) is 3.54. The monoisotopic (exact) mass is 293 g/mol. The second-order valence-corrected chi connectivity index (χ2v) is 6.45. The third-order valence-electron chi connectivity index (χ3n) is 4.47. The van der Waals surface area contributed by atoms with E-state index in [1.54, 1.807) is 0 Å². The van der Waals surface area contributed by atoms with Crippen LogP contribution >= 0.6 is 11.6 Å². The third-order valence-corrected chi connectivity index (χ3v) is 4.81. The normalized spacial score (nSPS) is 23.1. The average Bonchev–Trinajstić information content (AvgIpc) is 3.30. The van der Waals surface area contributed by atoms with Crippen molar-refractivity contribution < 1.29 is 0 Å². The molecule has 1 aromatic heterocycles. The predicted molar refractivity (Wildman–Crippen MR) is 84.4 cm³/mol. The van der Waals surface area contributed by atoms with Crippen LogP contribution in [-0.4, -0.2) is 23.6 Å². The smallest absolute Gasteiger partial charge is 0.129 e. The minimum absolute atomic E-state index is 0.640. The quantitative estimate of drug-likeness (QED) is 0.896. The van der Waals surface area contributed by atoms with Gasteiger partial charge in [-0.3, -0.25) is 0 Å². The predicted octanol–water partition coefficient (Wildman–Crippen LogP) is 3.76. The zero-order chi connectivity index (χ0) is 13.9. The summed E-state index contributed by atoms with van der Waals surface area (Å²) in [6.07, 6.45) is 9.53. The van der Waals surface area contributed by atoms with Crippen LogP contribution in [0.25, 0.3) is 0 Å². The number of anilines is 1. The van der Waals surface area contributed by atoms with Crippen LogP contribution in [0.3, 0.4) is 0 Å². The molecule has 0 spiro atoms.